The first-order valence-electron chi connectivity index (χ1n) is 9.92. The lowest BCUT2D eigenvalue weighted by Gasteiger charge is -2.30. The summed E-state index contributed by atoms with van der Waals surface area (Å²) < 4.78 is 22.1. The molecule has 2 aliphatic rings. The maximum Gasteiger partial charge on any atom is 0.324 e. The van der Waals surface area contributed by atoms with Crippen LogP contribution in [0.4, 0.5) is 6.01 Å². The molecule has 28 heavy (non-hydrogen) atoms. The van der Waals surface area contributed by atoms with Crippen LogP contribution in [0.3, 0.4) is 0 Å². The van der Waals surface area contributed by atoms with E-state index in [1.165, 1.54) is 5.56 Å². The number of benzene rings is 1. The summed E-state index contributed by atoms with van der Waals surface area (Å²) in [5.41, 5.74) is 1.28. The van der Waals surface area contributed by atoms with Gasteiger partial charge in [-0.3, -0.25) is 8.37 Å². The van der Waals surface area contributed by atoms with E-state index in [-0.39, 0.29) is 12.0 Å². The minimum atomic E-state index is 0.215. The van der Waals surface area contributed by atoms with Gasteiger partial charge >= 0.3 is 6.01 Å². The second kappa shape index (κ2) is 9.15. The Morgan fingerprint density at radius 3 is 2.50 bits per heavy atom. The number of anilines is 1. The average Bonchev–Trinajstić information content (AvgIpc) is 3.22. The lowest BCUT2D eigenvalue weighted by Crippen LogP contribution is -2.38. The third kappa shape index (κ3) is 4.98. The minimum absolute atomic E-state index is 0.215. The number of hydrogen-bond acceptors (Lipinski definition) is 8. The predicted molar refractivity (Wildman–Crippen MR) is 107 cm³/mol. The summed E-state index contributed by atoms with van der Waals surface area (Å²) in [7, 11) is 0. The molecule has 2 saturated heterocycles. The summed E-state index contributed by atoms with van der Waals surface area (Å²) in [6, 6.07) is 9.03. The van der Waals surface area contributed by atoms with Crippen molar-refractivity contribution in [1.29, 1.82) is 0 Å². The molecule has 8 heteroatoms. The minimum Gasteiger partial charge on any atom is -0.490 e. The molecule has 7 nitrogen and oxygen atoms in total. The first-order chi connectivity index (χ1) is 13.7. The van der Waals surface area contributed by atoms with Crippen molar-refractivity contribution in [3.8, 4) is 5.75 Å². The van der Waals surface area contributed by atoms with E-state index in [0.717, 1.165) is 69.5 Å². The number of rotatable bonds is 6. The molecule has 0 aliphatic carbocycles. The lowest BCUT2D eigenvalue weighted by molar-refractivity contribution is 0.146. The van der Waals surface area contributed by atoms with Crippen molar-refractivity contribution >= 4 is 18.3 Å². The van der Waals surface area contributed by atoms with Crippen molar-refractivity contribution in [1.82, 2.24) is 10.1 Å². The van der Waals surface area contributed by atoms with Crippen LogP contribution in [0, 0.1) is 5.92 Å². The van der Waals surface area contributed by atoms with Crippen LogP contribution in [-0.2, 0) is 14.8 Å². The van der Waals surface area contributed by atoms with Gasteiger partial charge in [-0.1, -0.05) is 31.1 Å². The van der Waals surface area contributed by atoms with E-state index in [9.17, 15) is 0 Å². The molecular weight excluding hydrogens is 378 g/mol. The number of piperidine rings is 1. The van der Waals surface area contributed by atoms with E-state index in [4.69, 9.17) is 17.6 Å². The van der Waals surface area contributed by atoms with Crippen molar-refractivity contribution in [2.75, 3.05) is 31.2 Å². The predicted octanol–water partition coefficient (Wildman–Crippen LogP) is 4.01. The monoisotopic (exact) mass is 405 g/mol. The van der Waals surface area contributed by atoms with Crippen LogP contribution in [-0.4, -0.2) is 42.5 Å². The molecule has 0 atom stereocenters. The number of ether oxygens (including phenoxy) is 1. The summed E-state index contributed by atoms with van der Waals surface area (Å²) in [5, 5.41) is 4.05. The molecule has 0 amide bonds. The third-order valence-corrected chi connectivity index (χ3v) is 5.58. The van der Waals surface area contributed by atoms with Crippen LogP contribution >= 0.6 is 12.3 Å². The van der Waals surface area contributed by atoms with Gasteiger partial charge in [0.15, 0.2) is 18.1 Å². The molecular formula is C20H27N3O4S. The average molecular weight is 406 g/mol. The lowest BCUT2D eigenvalue weighted by atomic mass is 10.0. The highest BCUT2D eigenvalue weighted by Gasteiger charge is 2.24. The topological polar surface area (TPSA) is 69.9 Å². The van der Waals surface area contributed by atoms with E-state index in [1.807, 2.05) is 0 Å². The molecule has 3 heterocycles. The first kappa shape index (κ1) is 19.5. The summed E-state index contributed by atoms with van der Waals surface area (Å²) >= 11 is 1.10. The second-order valence-electron chi connectivity index (χ2n) is 7.75. The zero-order chi connectivity index (χ0) is 19.3. The van der Waals surface area contributed by atoms with E-state index in [1.54, 1.807) is 0 Å². The molecule has 2 aromatic rings. The number of aromatic nitrogens is 2. The molecule has 1 aromatic heterocycles. The SMILES string of the molecule is CC(C)c1noc(N2CCC(Oc3ccc(CC4COSOC4)cc3)CC2)n1. The fourth-order valence-electron chi connectivity index (χ4n) is 3.43. The Bertz CT molecular complexity index is 738. The van der Waals surface area contributed by atoms with Gasteiger partial charge in [-0.05, 0) is 24.1 Å². The van der Waals surface area contributed by atoms with Crippen molar-refractivity contribution in [3.63, 3.8) is 0 Å². The summed E-state index contributed by atoms with van der Waals surface area (Å²) in [5.74, 6) is 2.38. The maximum absolute atomic E-state index is 6.18. The van der Waals surface area contributed by atoms with Crippen molar-refractivity contribution in [3.05, 3.63) is 35.7 Å². The van der Waals surface area contributed by atoms with Crippen LogP contribution in [0.2, 0.25) is 0 Å². The van der Waals surface area contributed by atoms with Crippen LogP contribution in [0.5, 0.6) is 5.75 Å². The molecule has 0 radical (unpaired) electrons. The Balaban J connectivity index is 1.25. The summed E-state index contributed by atoms with van der Waals surface area (Å²) in [6.45, 7) is 7.33. The molecule has 0 N–H and O–H groups in total. The Labute approximate surface area is 170 Å². The molecule has 1 aromatic carbocycles. The second-order valence-corrected chi connectivity index (χ2v) is 8.35. The van der Waals surface area contributed by atoms with Gasteiger partial charge in [0.1, 0.15) is 11.9 Å². The van der Waals surface area contributed by atoms with Gasteiger partial charge in [0.2, 0.25) is 0 Å². The van der Waals surface area contributed by atoms with Crippen molar-refractivity contribution in [2.24, 2.45) is 5.92 Å². The highest BCUT2D eigenvalue weighted by molar-refractivity contribution is 7.89. The highest BCUT2D eigenvalue weighted by atomic mass is 32.2. The van der Waals surface area contributed by atoms with Gasteiger partial charge < -0.3 is 14.2 Å². The molecule has 2 fully saturated rings. The summed E-state index contributed by atoms with van der Waals surface area (Å²) in [4.78, 5) is 6.64. The van der Waals surface area contributed by atoms with Crippen LogP contribution in [0.25, 0.3) is 0 Å². The smallest absolute Gasteiger partial charge is 0.324 e. The zero-order valence-corrected chi connectivity index (χ0v) is 17.2. The molecule has 4 rings (SSSR count). The molecule has 2 aliphatic heterocycles. The van der Waals surface area contributed by atoms with E-state index in [2.05, 4.69) is 53.2 Å². The molecule has 0 bridgehead atoms. The van der Waals surface area contributed by atoms with Gasteiger partial charge in [0.05, 0.1) is 13.2 Å². The number of hydrogen-bond donors (Lipinski definition) is 0. The molecule has 0 unspecified atom stereocenters. The van der Waals surface area contributed by atoms with Crippen molar-refractivity contribution < 1.29 is 17.6 Å². The third-order valence-electron chi connectivity index (χ3n) is 5.11. The highest BCUT2D eigenvalue weighted by Crippen LogP contribution is 2.25. The van der Waals surface area contributed by atoms with Crippen LogP contribution in [0.1, 0.15) is 44.0 Å². The standard InChI is InChI=1S/C20H27N3O4S/c1-14(2)19-21-20(27-22-19)23-9-7-18(8-10-23)26-17-5-3-15(4-6-17)11-16-12-24-28-25-13-16/h3-6,14,16,18H,7-13H2,1-2H3. The Morgan fingerprint density at radius 1 is 1.14 bits per heavy atom. The fourth-order valence-corrected chi connectivity index (χ4v) is 4.00. The van der Waals surface area contributed by atoms with Gasteiger partial charge in [0, 0.05) is 37.8 Å². The normalized spacial score (nSPS) is 19.3. The first-order valence-corrected chi connectivity index (χ1v) is 10.6. The van der Waals surface area contributed by atoms with Crippen LogP contribution < -0.4 is 9.64 Å². The molecule has 0 spiro atoms. The Hall–Kier alpha value is -1.77. The Morgan fingerprint density at radius 2 is 1.86 bits per heavy atom. The molecule has 0 saturated carbocycles. The fraction of sp³-hybridized carbons (Fsp3) is 0.600. The summed E-state index contributed by atoms with van der Waals surface area (Å²) in [6.07, 6.45) is 3.05. The van der Waals surface area contributed by atoms with Gasteiger partial charge in [-0.15, -0.1) is 0 Å². The van der Waals surface area contributed by atoms with E-state index < -0.39 is 0 Å². The zero-order valence-electron chi connectivity index (χ0n) is 16.4. The van der Waals surface area contributed by atoms with Crippen molar-refractivity contribution in [2.45, 2.75) is 45.1 Å². The quantitative estimate of drug-likeness (QED) is 0.668. The van der Waals surface area contributed by atoms with Gasteiger partial charge in [-0.25, -0.2) is 0 Å². The largest absolute Gasteiger partial charge is 0.490 e. The van der Waals surface area contributed by atoms with E-state index in [0.29, 0.717) is 11.9 Å². The molecule has 152 valence electrons. The van der Waals surface area contributed by atoms with E-state index >= 15 is 0 Å². The van der Waals surface area contributed by atoms with Gasteiger partial charge in [-0.2, -0.15) is 4.98 Å². The van der Waals surface area contributed by atoms with Crippen LogP contribution in [0.15, 0.2) is 28.8 Å². The Kier molecular flexibility index (Phi) is 6.39. The maximum atomic E-state index is 6.18. The van der Waals surface area contributed by atoms with Gasteiger partial charge in [0.25, 0.3) is 0 Å². The number of nitrogens with zero attached hydrogens (tertiary/aromatic N) is 3.